The number of carbonyl (C=O) groups excluding carboxylic acids is 2. The van der Waals surface area contributed by atoms with Crippen LogP contribution in [-0.2, 0) is 0 Å². The lowest BCUT2D eigenvalue weighted by molar-refractivity contribution is 0.0610. The molecular weight excluding hydrogens is 691 g/mol. The van der Waals surface area contributed by atoms with Crippen molar-refractivity contribution in [1.29, 1.82) is 0 Å². The van der Waals surface area contributed by atoms with Gasteiger partial charge in [0, 0.05) is 63.3 Å². The van der Waals surface area contributed by atoms with Crippen LogP contribution in [0.2, 0.25) is 10.0 Å². The van der Waals surface area contributed by atoms with Gasteiger partial charge in [-0.15, -0.1) is 0 Å². The van der Waals surface area contributed by atoms with E-state index in [1.165, 1.54) is 17.0 Å². The number of likely N-dealkylation sites (N-methyl/N-ethyl adjacent to an activating group) is 2. The van der Waals surface area contributed by atoms with Gasteiger partial charge in [0.2, 0.25) is 0 Å². The van der Waals surface area contributed by atoms with Gasteiger partial charge in [-0.1, -0.05) is 79.2 Å². The van der Waals surface area contributed by atoms with E-state index in [0.29, 0.717) is 55.8 Å². The summed E-state index contributed by atoms with van der Waals surface area (Å²) in [6.45, 7) is 2.53. The van der Waals surface area contributed by atoms with Crippen molar-refractivity contribution in [3.05, 3.63) is 117 Å². The quantitative estimate of drug-likeness (QED) is 0.0839. The molecule has 51 heavy (non-hydrogen) atoms. The number of carbonyl (C=O) groups is 4. The van der Waals surface area contributed by atoms with Gasteiger partial charge in [-0.05, 0) is 72.0 Å². The Kier molecular flexibility index (Phi) is 12.7. The summed E-state index contributed by atoms with van der Waals surface area (Å²) in [5.74, 6) is -2.89. The van der Waals surface area contributed by atoms with Crippen LogP contribution in [0.1, 0.15) is 48.9 Å². The third kappa shape index (κ3) is 7.51. The molecule has 0 saturated carbocycles. The maximum absolute atomic E-state index is 13.1. The Morgan fingerprint density at radius 1 is 0.706 bits per heavy atom. The first kappa shape index (κ1) is 38.7. The number of nitrogens with one attached hydrogen (secondary N) is 2. The maximum atomic E-state index is 13.1. The molecule has 0 atom stereocenters. The molecule has 0 radical (unpaired) electrons. The van der Waals surface area contributed by atoms with E-state index in [-0.39, 0.29) is 35.8 Å². The van der Waals surface area contributed by atoms with Crippen LogP contribution in [-0.4, -0.2) is 79.1 Å². The molecule has 2 amide bonds. The topological polar surface area (TPSA) is 162 Å². The number of nitrogens with two attached hydrogens (primary N) is 1. The van der Waals surface area contributed by atoms with Crippen LogP contribution in [0, 0.1) is 0 Å². The molecular formula is C39H38Cl2N4O6. The number of hydrogen-bond donors (Lipinski definition) is 5. The number of benzene rings is 6. The van der Waals surface area contributed by atoms with Crippen molar-refractivity contribution >= 4 is 90.0 Å². The van der Waals surface area contributed by atoms with Gasteiger partial charge in [-0.25, -0.2) is 9.59 Å². The van der Waals surface area contributed by atoms with Crippen molar-refractivity contribution in [2.75, 3.05) is 40.3 Å². The Labute approximate surface area is 304 Å². The second-order valence-corrected chi connectivity index (χ2v) is 12.2. The molecule has 6 aromatic carbocycles. The van der Waals surface area contributed by atoms with Crippen molar-refractivity contribution in [3.8, 4) is 0 Å². The van der Waals surface area contributed by atoms with E-state index < -0.39 is 11.9 Å². The van der Waals surface area contributed by atoms with E-state index in [1.807, 2.05) is 37.4 Å². The minimum Gasteiger partial charge on any atom is -0.478 e. The van der Waals surface area contributed by atoms with E-state index in [9.17, 15) is 29.4 Å². The highest BCUT2D eigenvalue weighted by Gasteiger charge is 2.34. The predicted octanol–water partition coefficient (Wildman–Crippen LogP) is 7.31. The Hall–Kier alpha value is -5.10. The molecule has 1 heterocycles. The predicted molar refractivity (Wildman–Crippen MR) is 206 cm³/mol. The lowest BCUT2D eigenvalue weighted by Gasteiger charge is -2.28. The highest BCUT2D eigenvalue weighted by molar-refractivity contribution is 6.40. The summed E-state index contributed by atoms with van der Waals surface area (Å²) in [7, 11) is 3.68. The van der Waals surface area contributed by atoms with Crippen molar-refractivity contribution < 1.29 is 29.4 Å². The molecule has 0 aromatic heterocycles. The highest BCUT2D eigenvalue weighted by atomic mass is 35.5. The summed E-state index contributed by atoms with van der Waals surface area (Å²) in [6.07, 6.45) is 0. The summed E-state index contributed by atoms with van der Waals surface area (Å²) in [5, 5.41) is 30.6. The minimum atomic E-state index is -1.19. The second kappa shape index (κ2) is 16.7. The molecule has 1 aliphatic rings. The van der Waals surface area contributed by atoms with Crippen LogP contribution in [0.3, 0.4) is 0 Å². The van der Waals surface area contributed by atoms with E-state index in [2.05, 4.69) is 10.6 Å². The maximum Gasteiger partial charge on any atom is 0.336 e. The number of nitrogens with zero attached hydrogens (tertiary/aromatic N) is 1. The van der Waals surface area contributed by atoms with Crippen molar-refractivity contribution in [2.24, 2.45) is 5.73 Å². The van der Waals surface area contributed by atoms with Gasteiger partial charge in [-0.2, -0.15) is 0 Å². The molecule has 0 spiro atoms. The first-order chi connectivity index (χ1) is 24.0. The van der Waals surface area contributed by atoms with Gasteiger partial charge in [0.05, 0.1) is 16.7 Å². The Balaban J connectivity index is 0.000000200. The van der Waals surface area contributed by atoms with Gasteiger partial charge in [0.25, 0.3) is 11.8 Å². The molecule has 0 fully saturated rings. The van der Waals surface area contributed by atoms with Crippen LogP contribution < -0.4 is 16.4 Å². The van der Waals surface area contributed by atoms with E-state index in [0.717, 1.165) is 29.2 Å². The third-order valence-corrected chi connectivity index (χ3v) is 8.96. The van der Waals surface area contributed by atoms with Crippen molar-refractivity contribution in [1.82, 2.24) is 15.5 Å². The number of aromatic carboxylic acids is 2. The number of halogens is 2. The van der Waals surface area contributed by atoms with E-state index in [1.54, 1.807) is 49.5 Å². The van der Waals surface area contributed by atoms with Crippen LogP contribution >= 0.6 is 23.2 Å². The molecule has 7 rings (SSSR count). The molecule has 0 saturated heterocycles. The first-order valence-corrected chi connectivity index (χ1v) is 16.4. The number of carboxylic acid groups (broad SMARTS) is 2. The average Bonchev–Trinajstić information content (AvgIpc) is 3.10. The van der Waals surface area contributed by atoms with E-state index in [4.69, 9.17) is 28.9 Å². The Bertz CT molecular complexity index is 2310. The fourth-order valence-electron chi connectivity index (χ4n) is 6.03. The van der Waals surface area contributed by atoms with Crippen molar-refractivity contribution in [3.63, 3.8) is 0 Å². The fraction of sp³-hybridized carbons (Fsp3) is 0.179. The molecule has 0 bridgehead atoms. The number of rotatable bonds is 7. The minimum absolute atomic E-state index is 0. The number of carboxylic acids is 2. The monoisotopic (exact) mass is 728 g/mol. The van der Waals surface area contributed by atoms with Gasteiger partial charge in [0.15, 0.2) is 0 Å². The molecule has 6 aromatic rings. The van der Waals surface area contributed by atoms with E-state index >= 15 is 0 Å². The number of hydrogen-bond acceptors (Lipinski definition) is 7. The van der Waals surface area contributed by atoms with Gasteiger partial charge in [-0.3, -0.25) is 14.5 Å². The molecule has 0 unspecified atom stereocenters. The summed E-state index contributed by atoms with van der Waals surface area (Å²) >= 11 is 12.5. The normalized spacial score (nSPS) is 11.9. The first-order valence-electron chi connectivity index (χ1n) is 15.7. The summed E-state index contributed by atoms with van der Waals surface area (Å²) in [6, 6.07) is 24.5. The third-order valence-electron chi connectivity index (χ3n) is 8.30. The fourth-order valence-corrected chi connectivity index (χ4v) is 6.46. The standard InChI is InChI=1S/C19H15ClN2O2.C16H9ClO4.C3H10N2.CH4/c1-21-8-9-22-18(23)13-6-7-15(20)14-10-11-4-2-3-5-12(11)17(16(13)14)19(22)24;17-12-6-5-10(15(18)19)13-11(12)7-8-3-1-2-4-9(8)14(13)16(20)21;1-5-3-2-4;/h2-7,10,21H,8-9H2,1H3;1-7H,(H,18,19)(H,20,21);5H,2-4H2,1H3;1H4. The van der Waals surface area contributed by atoms with Gasteiger partial charge >= 0.3 is 11.9 Å². The zero-order chi connectivity index (χ0) is 36.1. The smallest absolute Gasteiger partial charge is 0.336 e. The molecule has 10 nitrogen and oxygen atoms in total. The zero-order valence-electron chi connectivity index (χ0n) is 27.2. The molecule has 1 aliphatic heterocycles. The van der Waals surface area contributed by atoms with Crippen LogP contribution in [0.4, 0.5) is 0 Å². The molecule has 12 heteroatoms. The molecule has 6 N–H and O–H groups in total. The summed E-state index contributed by atoms with van der Waals surface area (Å²) in [4.78, 5) is 50.3. The van der Waals surface area contributed by atoms with Gasteiger partial charge < -0.3 is 26.6 Å². The number of imide groups is 1. The highest BCUT2D eigenvalue weighted by Crippen LogP contribution is 2.39. The Morgan fingerprint density at radius 2 is 1.25 bits per heavy atom. The number of amides is 2. The lowest BCUT2D eigenvalue weighted by atomic mass is 9.89. The molecule has 264 valence electrons. The zero-order valence-corrected chi connectivity index (χ0v) is 28.7. The van der Waals surface area contributed by atoms with Crippen LogP contribution in [0.25, 0.3) is 43.1 Å². The van der Waals surface area contributed by atoms with Crippen molar-refractivity contribution in [2.45, 2.75) is 7.43 Å². The number of fused-ring (bicyclic) bond motifs is 4. The van der Waals surface area contributed by atoms with Crippen LogP contribution in [0.15, 0.2) is 84.9 Å². The molecule has 0 aliphatic carbocycles. The van der Waals surface area contributed by atoms with Gasteiger partial charge in [0.1, 0.15) is 0 Å². The average molecular weight is 730 g/mol. The SMILES string of the molecule is C.CNCCN.CNCCN1C(=O)c2ccc(Cl)c3cc4ccccc4c(c23)C1=O.O=C(O)c1ccc(Cl)c2cc3ccccc3c(C(=O)O)c12. The van der Waals surface area contributed by atoms with Crippen LogP contribution in [0.5, 0.6) is 0 Å². The second-order valence-electron chi connectivity index (χ2n) is 11.3. The summed E-state index contributed by atoms with van der Waals surface area (Å²) < 4.78 is 0. The summed E-state index contributed by atoms with van der Waals surface area (Å²) in [5.41, 5.74) is 6.07. The Morgan fingerprint density at radius 3 is 1.80 bits per heavy atom. The lowest BCUT2D eigenvalue weighted by Crippen LogP contribution is -2.43. The largest absolute Gasteiger partial charge is 0.478 e.